The van der Waals surface area contributed by atoms with E-state index in [0.717, 1.165) is 11.1 Å². The summed E-state index contributed by atoms with van der Waals surface area (Å²) in [7, 11) is 1.32. The zero-order chi connectivity index (χ0) is 21.6. The van der Waals surface area contributed by atoms with Crippen LogP contribution in [0.1, 0.15) is 42.3 Å². The molecule has 0 aliphatic rings. The molecule has 0 fully saturated rings. The van der Waals surface area contributed by atoms with Crippen molar-refractivity contribution in [3.8, 4) is 0 Å². The van der Waals surface area contributed by atoms with E-state index in [0.29, 0.717) is 16.9 Å². The van der Waals surface area contributed by atoms with E-state index in [2.05, 4.69) is 15.4 Å². The smallest absolute Gasteiger partial charge is 0.412 e. The summed E-state index contributed by atoms with van der Waals surface area (Å²) in [5.74, 6) is -0.613. The summed E-state index contributed by atoms with van der Waals surface area (Å²) >= 11 is 0. The largest absolute Gasteiger partial charge is 0.465 e. The molecule has 0 saturated carbocycles. The highest BCUT2D eigenvalue weighted by atomic mass is 16.6. The van der Waals surface area contributed by atoms with Crippen LogP contribution in [0, 0.1) is 6.92 Å². The fourth-order valence-corrected chi connectivity index (χ4v) is 2.56. The lowest BCUT2D eigenvalue weighted by Gasteiger charge is -2.19. The molecule has 2 amide bonds. The molecule has 0 aromatic heterocycles. The standard InChI is InChI=1S/C22H26N2O5/c1-14-12-16(20(26)28-5)8-11-18(14)24-19(25)13-15-6-9-17(10-7-15)23-21(27)29-22(2,3)4/h6-12H,13H2,1-5H3,(H,23,27)(H,24,25). The molecule has 0 unspecified atom stereocenters. The first-order valence-electron chi connectivity index (χ1n) is 9.15. The third-order valence-corrected chi connectivity index (χ3v) is 3.89. The summed E-state index contributed by atoms with van der Waals surface area (Å²) in [6.45, 7) is 7.18. The quantitative estimate of drug-likeness (QED) is 0.732. The molecule has 0 aliphatic carbocycles. The average molecular weight is 398 g/mol. The number of anilines is 2. The minimum Gasteiger partial charge on any atom is -0.465 e. The van der Waals surface area contributed by atoms with Crippen molar-refractivity contribution >= 4 is 29.3 Å². The fourth-order valence-electron chi connectivity index (χ4n) is 2.56. The third kappa shape index (κ3) is 6.95. The monoisotopic (exact) mass is 398 g/mol. The van der Waals surface area contributed by atoms with Gasteiger partial charge in [-0.1, -0.05) is 12.1 Å². The minimum atomic E-state index is -0.574. The Labute approximate surface area is 170 Å². The highest BCUT2D eigenvalue weighted by Crippen LogP contribution is 2.18. The number of nitrogens with one attached hydrogen (secondary N) is 2. The van der Waals surface area contributed by atoms with Crippen molar-refractivity contribution in [2.45, 2.75) is 39.7 Å². The molecule has 0 radical (unpaired) electrons. The van der Waals surface area contributed by atoms with Gasteiger partial charge in [0.05, 0.1) is 19.1 Å². The molecule has 0 saturated heterocycles. The predicted molar refractivity (Wildman–Crippen MR) is 111 cm³/mol. The second kappa shape index (κ2) is 9.23. The molecule has 2 aromatic carbocycles. The molecule has 154 valence electrons. The van der Waals surface area contributed by atoms with Crippen LogP contribution in [0.15, 0.2) is 42.5 Å². The fraction of sp³-hybridized carbons (Fsp3) is 0.318. The Morgan fingerprint density at radius 2 is 1.62 bits per heavy atom. The summed E-state index contributed by atoms with van der Waals surface area (Å²) < 4.78 is 9.89. The molecule has 29 heavy (non-hydrogen) atoms. The van der Waals surface area contributed by atoms with Crippen LogP contribution >= 0.6 is 0 Å². The van der Waals surface area contributed by atoms with Crippen LogP contribution in [0.3, 0.4) is 0 Å². The first kappa shape index (κ1) is 21.9. The summed E-state index contributed by atoms with van der Waals surface area (Å²) in [6, 6.07) is 11.9. The number of ether oxygens (including phenoxy) is 2. The second-order valence-electron chi connectivity index (χ2n) is 7.57. The van der Waals surface area contributed by atoms with Gasteiger partial charge in [-0.25, -0.2) is 9.59 Å². The van der Waals surface area contributed by atoms with Crippen LogP contribution < -0.4 is 10.6 Å². The molecule has 0 heterocycles. The van der Waals surface area contributed by atoms with E-state index >= 15 is 0 Å². The Morgan fingerprint density at radius 1 is 0.966 bits per heavy atom. The van der Waals surface area contributed by atoms with Gasteiger partial charge in [0.15, 0.2) is 0 Å². The maximum Gasteiger partial charge on any atom is 0.412 e. The van der Waals surface area contributed by atoms with Crippen molar-refractivity contribution in [3.63, 3.8) is 0 Å². The van der Waals surface area contributed by atoms with E-state index in [1.807, 2.05) is 0 Å². The van der Waals surface area contributed by atoms with Crippen molar-refractivity contribution < 1.29 is 23.9 Å². The van der Waals surface area contributed by atoms with Gasteiger partial charge >= 0.3 is 12.1 Å². The normalized spacial score (nSPS) is 10.8. The van der Waals surface area contributed by atoms with Crippen LogP contribution in [0.4, 0.5) is 16.2 Å². The van der Waals surface area contributed by atoms with Gasteiger partial charge in [-0.15, -0.1) is 0 Å². The van der Waals surface area contributed by atoms with Gasteiger partial charge in [-0.2, -0.15) is 0 Å². The van der Waals surface area contributed by atoms with Gasteiger partial charge in [0.2, 0.25) is 5.91 Å². The highest BCUT2D eigenvalue weighted by Gasteiger charge is 2.16. The van der Waals surface area contributed by atoms with E-state index in [-0.39, 0.29) is 12.3 Å². The molecule has 2 aromatic rings. The lowest BCUT2D eigenvalue weighted by Crippen LogP contribution is -2.27. The molecular formula is C22H26N2O5. The molecule has 7 nitrogen and oxygen atoms in total. The molecule has 7 heteroatoms. The van der Waals surface area contributed by atoms with Crippen molar-refractivity contribution in [2.75, 3.05) is 17.7 Å². The first-order chi connectivity index (χ1) is 13.6. The number of esters is 1. The van der Waals surface area contributed by atoms with Crippen LogP contribution in [0.5, 0.6) is 0 Å². The maximum atomic E-state index is 12.3. The number of hydrogen-bond acceptors (Lipinski definition) is 5. The molecule has 2 N–H and O–H groups in total. The second-order valence-corrected chi connectivity index (χ2v) is 7.57. The number of carbonyl (C=O) groups is 3. The molecule has 0 aliphatic heterocycles. The van der Waals surface area contributed by atoms with Gasteiger partial charge in [-0.05, 0) is 69.2 Å². The third-order valence-electron chi connectivity index (χ3n) is 3.89. The van der Waals surface area contributed by atoms with Crippen molar-refractivity contribution in [1.29, 1.82) is 0 Å². The topological polar surface area (TPSA) is 93.7 Å². The summed E-state index contributed by atoms with van der Waals surface area (Å²) in [5.41, 5.74) is 2.62. The van der Waals surface area contributed by atoms with Crippen LogP contribution in [-0.2, 0) is 20.7 Å². The predicted octanol–water partition coefficient (Wildman–Crippen LogP) is 4.31. The van der Waals surface area contributed by atoms with Gasteiger partial charge in [0.1, 0.15) is 5.60 Å². The minimum absolute atomic E-state index is 0.172. The number of benzene rings is 2. The number of methoxy groups -OCH3 is 1. The van der Waals surface area contributed by atoms with Crippen LogP contribution in [0.2, 0.25) is 0 Å². The molecular weight excluding hydrogens is 372 g/mol. The summed E-state index contributed by atoms with van der Waals surface area (Å²) in [6.07, 6.45) is -0.362. The van der Waals surface area contributed by atoms with Gasteiger partial charge in [0, 0.05) is 11.4 Å². The van der Waals surface area contributed by atoms with E-state index in [4.69, 9.17) is 4.74 Å². The lowest BCUT2D eigenvalue weighted by atomic mass is 10.1. The van der Waals surface area contributed by atoms with E-state index in [1.165, 1.54) is 7.11 Å². The van der Waals surface area contributed by atoms with Gasteiger partial charge in [0.25, 0.3) is 0 Å². The van der Waals surface area contributed by atoms with Crippen LogP contribution in [0.25, 0.3) is 0 Å². The molecule has 0 atom stereocenters. The molecule has 2 rings (SSSR count). The first-order valence-corrected chi connectivity index (χ1v) is 9.15. The number of aryl methyl sites for hydroxylation is 1. The number of hydrogen-bond donors (Lipinski definition) is 2. The maximum absolute atomic E-state index is 12.3. The average Bonchev–Trinajstić information content (AvgIpc) is 2.62. The number of amides is 2. The van der Waals surface area contributed by atoms with Crippen molar-refractivity contribution in [3.05, 3.63) is 59.2 Å². The SMILES string of the molecule is COC(=O)c1ccc(NC(=O)Cc2ccc(NC(=O)OC(C)(C)C)cc2)c(C)c1. The van der Waals surface area contributed by atoms with Gasteiger partial charge in [-0.3, -0.25) is 10.1 Å². The Kier molecular flexibility index (Phi) is 6.98. The molecule has 0 spiro atoms. The van der Waals surface area contributed by atoms with Crippen LogP contribution in [-0.4, -0.2) is 30.7 Å². The Hall–Kier alpha value is -3.35. The highest BCUT2D eigenvalue weighted by molar-refractivity contribution is 5.95. The van der Waals surface area contributed by atoms with E-state index in [1.54, 1.807) is 70.2 Å². The Morgan fingerprint density at radius 3 is 2.17 bits per heavy atom. The van der Waals surface area contributed by atoms with E-state index < -0.39 is 17.7 Å². The summed E-state index contributed by atoms with van der Waals surface area (Å²) in [4.78, 5) is 35.7. The zero-order valence-electron chi connectivity index (χ0n) is 17.3. The zero-order valence-corrected chi connectivity index (χ0v) is 17.3. The van der Waals surface area contributed by atoms with E-state index in [9.17, 15) is 14.4 Å². The number of carbonyl (C=O) groups excluding carboxylic acids is 3. The summed E-state index contributed by atoms with van der Waals surface area (Å²) in [5, 5.41) is 5.48. The Balaban J connectivity index is 1.94. The van der Waals surface area contributed by atoms with Crippen molar-refractivity contribution in [1.82, 2.24) is 0 Å². The lowest BCUT2D eigenvalue weighted by molar-refractivity contribution is -0.115. The number of rotatable bonds is 5. The Bertz CT molecular complexity index is 898. The molecule has 0 bridgehead atoms. The van der Waals surface area contributed by atoms with Gasteiger partial charge < -0.3 is 14.8 Å². The van der Waals surface area contributed by atoms with Crippen molar-refractivity contribution in [2.24, 2.45) is 0 Å².